The summed E-state index contributed by atoms with van der Waals surface area (Å²) in [6, 6.07) is -1.25. The average molecular weight is 709 g/mol. The molecule has 2 atom stereocenters. The summed E-state index contributed by atoms with van der Waals surface area (Å²) < 4.78 is 5.55. The minimum absolute atomic E-state index is 0.0671. The molecule has 284 valence electrons. The third-order valence-corrected chi connectivity index (χ3v) is 9.82. The van der Waals surface area contributed by atoms with Gasteiger partial charge in [-0.1, -0.05) is 110 Å². The number of hydrogen-bond donors (Lipinski definition) is 2. The number of carboxylic acid groups (broad SMARTS) is 2. The summed E-state index contributed by atoms with van der Waals surface area (Å²) in [6.45, 7) is 5.21. The highest BCUT2D eigenvalue weighted by atomic mass is 16.7. The van der Waals surface area contributed by atoms with Crippen LogP contribution in [0, 0.1) is 5.41 Å². The highest BCUT2D eigenvalue weighted by Crippen LogP contribution is 2.41. The number of carboxylic acids is 2. The molecule has 0 spiro atoms. The number of hydroxylamine groups is 2. The van der Waals surface area contributed by atoms with Crippen molar-refractivity contribution in [2.45, 2.75) is 187 Å². The molecule has 0 bridgehead atoms. The van der Waals surface area contributed by atoms with Crippen LogP contribution in [0.1, 0.15) is 175 Å². The Hall–Kier alpha value is -3.51. The number of nitrogens with zero attached hydrogens (tertiary/aromatic N) is 2. The molecule has 1 unspecified atom stereocenters. The molecule has 3 amide bonds. The molecule has 2 aliphatic heterocycles. The van der Waals surface area contributed by atoms with Crippen molar-refractivity contribution in [2.75, 3.05) is 0 Å². The number of imide groups is 1. The van der Waals surface area contributed by atoms with Gasteiger partial charge in [-0.15, -0.1) is 5.06 Å². The minimum Gasteiger partial charge on any atom is -0.481 e. The molecule has 2 N–H and O–H groups in total. The normalized spacial score (nSPS) is 18.3. The smallest absolute Gasteiger partial charge is 0.333 e. The third kappa shape index (κ3) is 13.3. The van der Waals surface area contributed by atoms with Crippen molar-refractivity contribution in [3.8, 4) is 0 Å². The lowest BCUT2D eigenvalue weighted by molar-refractivity contribution is -0.197. The lowest BCUT2D eigenvalue weighted by Gasteiger charge is -2.39. The first kappa shape index (κ1) is 42.7. The van der Waals surface area contributed by atoms with E-state index in [-0.39, 0.29) is 38.5 Å². The zero-order valence-electron chi connectivity index (χ0n) is 30.5. The molecule has 2 heterocycles. The van der Waals surface area contributed by atoms with Crippen LogP contribution in [-0.2, 0) is 43.1 Å². The molecule has 2 rings (SSSR count). The van der Waals surface area contributed by atoms with Gasteiger partial charge in [0.2, 0.25) is 5.91 Å². The van der Waals surface area contributed by atoms with Gasteiger partial charge in [0.25, 0.3) is 11.8 Å². The van der Waals surface area contributed by atoms with E-state index in [1.54, 1.807) is 0 Å². The van der Waals surface area contributed by atoms with Crippen molar-refractivity contribution in [1.29, 1.82) is 0 Å². The maximum atomic E-state index is 14.5. The number of hydrogen-bond acceptors (Lipinski definition) is 9. The summed E-state index contributed by atoms with van der Waals surface area (Å²) in [5, 5.41) is 19.9. The second kappa shape index (κ2) is 21.6. The van der Waals surface area contributed by atoms with E-state index in [2.05, 4.69) is 6.92 Å². The first-order valence-corrected chi connectivity index (χ1v) is 18.8. The van der Waals surface area contributed by atoms with Crippen LogP contribution in [0.3, 0.4) is 0 Å². The number of aliphatic carboxylic acids is 2. The van der Waals surface area contributed by atoms with Gasteiger partial charge in [0.15, 0.2) is 5.72 Å². The molecular weight excluding hydrogens is 648 g/mol. The molecular formula is C37H60N2O11. The average Bonchev–Trinajstić information content (AvgIpc) is 3.49. The van der Waals surface area contributed by atoms with Crippen LogP contribution in [0.25, 0.3) is 0 Å². The molecule has 0 radical (unpaired) electrons. The second-order valence-electron chi connectivity index (χ2n) is 14.3. The predicted octanol–water partition coefficient (Wildman–Crippen LogP) is 6.84. The summed E-state index contributed by atoms with van der Waals surface area (Å²) in [4.78, 5) is 93.9. The molecule has 0 aromatic carbocycles. The van der Waals surface area contributed by atoms with Gasteiger partial charge in [0.05, 0.1) is 6.42 Å². The Morgan fingerprint density at radius 3 is 1.66 bits per heavy atom. The Balaban J connectivity index is 2.12. The molecule has 13 nitrogen and oxygen atoms in total. The second-order valence-corrected chi connectivity index (χ2v) is 14.3. The molecule has 0 aromatic heterocycles. The van der Waals surface area contributed by atoms with Crippen LogP contribution in [0.15, 0.2) is 0 Å². The number of carbonyl (C=O) groups excluding carboxylic acids is 5. The van der Waals surface area contributed by atoms with Gasteiger partial charge < -0.3 is 19.8 Å². The zero-order valence-corrected chi connectivity index (χ0v) is 30.5. The van der Waals surface area contributed by atoms with Crippen LogP contribution in [0.4, 0.5) is 0 Å². The SMILES string of the molecule is CCCCCCCCCCCC(CCCCCCCCCCC(=O)O)(C(=O)O)C(=O)N1[C@H](CCC(=O)ON2C(=O)CCC2=O)C(=O)OC1(C)C. The van der Waals surface area contributed by atoms with Gasteiger partial charge in [-0.3, -0.25) is 28.9 Å². The van der Waals surface area contributed by atoms with E-state index >= 15 is 0 Å². The Kier molecular flexibility index (Phi) is 18.5. The molecule has 0 aliphatic carbocycles. The molecule has 2 saturated heterocycles. The predicted molar refractivity (Wildman–Crippen MR) is 183 cm³/mol. The van der Waals surface area contributed by atoms with Crippen LogP contribution in [0.2, 0.25) is 0 Å². The van der Waals surface area contributed by atoms with E-state index in [1.807, 2.05) is 0 Å². The quantitative estimate of drug-likeness (QED) is 0.0394. The van der Waals surface area contributed by atoms with Gasteiger partial charge in [-0.25, -0.2) is 9.59 Å². The van der Waals surface area contributed by atoms with Crippen molar-refractivity contribution >= 4 is 41.6 Å². The number of cyclic esters (lactones) is 1. The number of carbonyl (C=O) groups is 7. The largest absolute Gasteiger partial charge is 0.481 e. The molecule has 0 aromatic rings. The van der Waals surface area contributed by atoms with Gasteiger partial charge in [-0.05, 0) is 39.5 Å². The Bertz CT molecular complexity index is 1150. The van der Waals surface area contributed by atoms with Crippen LogP contribution < -0.4 is 0 Å². The monoisotopic (exact) mass is 708 g/mol. The standard InChI is InChI=1S/C37H60N2O11/c1-4-5-6-7-8-10-13-16-19-26-37(35(47)48,27-20-17-14-11-9-12-15-18-21-31(42)43)34(46)38-28(33(45)49-36(38,2)3)22-25-32(44)50-39-29(40)23-24-30(39)41/h28H,4-27H2,1-3H3,(H,42,43)(H,47,48)/t28-,37?/m1/s1. The molecule has 2 aliphatic rings. The number of esters is 1. The van der Waals surface area contributed by atoms with E-state index in [9.17, 15) is 38.7 Å². The number of ether oxygens (including phenoxy) is 1. The highest BCUT2D eigenvalue weighted by Gasteiger charge is 2.57. The Morgan fingerprint density at radius 2 is 1.20 bits per heavy atom. The Labute approximate surface area is 296 Å². The number of unbranched alkanes of at least 4 members (excludes halogenated alkanes) is 15. The molecule has 0 saturated carbocycles. The first-order chi connectivity index (χ1) is 23.8. The highest BCUT2D eigenvalue weighted by molar-refractivity contribution is 6.04. The van der Waals surface area contributed by atoms with Gasteiger partial charge in [0.1, 0.15) is 11.5 Å². The van der Waals surface area contributed by atoms with Gasteiger partial charge in [0, 0.05) is 19.3 Å². The van der Waals surface area contributed by atoms with Crippen LogP contribution >= 0.6 is 0 Å². The lowest BCUT2D eigenvalue weighted by Crippen LogP contribution is -2.56. The van der Waals surface area contributed by atoms with E-state index < -0.39 is 65.2 Å². The maximum Gasteiger partial charge on any atom is 0.333 e. The van der Waals surface area contributed by atoms with Crippen molar-refractivity contribution in [2.24, 2.45) is 5.41 Å². The summed E-state index contributed by atoms with van der Waals surface area (Å²) in [5.41, 5.74) is -3.26. The number of rotatable bonds is 27. The van der Waals surface area contributed by atoms with Crippen molar-refractivity contribution in [3.05, 3.63) is 0 Å². The fourth-order valence-corrected chi connectivity index (χ4v) is 6.91. The van der Waals surface area contributed by atoms with Crippen molar-refractivity contribution in [3.63, 3.8) is 0 Å². The minimum atomic E-state index is -1.80. The van der Waals surface area contributed by atoms with E-state index in [4.69, 9.17) is 14.7 Å². The summed E-state index contributed by atoms with van der Waals surface area (Å²) in [7, 11) is 0. The van der Waals surface area contributed by atoms with Gasteiger partial charge in [-0.2, -0.15) is 0 Å². The fraction of sp³-hybridized carbons (Fsp3) is 0.811. The topological polar surface area (TPSA) is 185 Å². The van der Waals surface area contributed by atoms with E-state index in [0.717, 1.165) is 64.2 Å². The third-order valence-electron chi connectivity index (χ3n) is 9.82. The van der Waals surface area contributed by atoms with Crippen molar-refractivity contribution in [1.82, 2.24) is 9.96 Å². The lowest BCUT2D eigenvalue weighted by atomic mass is 9.75. The van der Waals surface area contributed by atoms with Crippen molar-refractivity contribution < 1.29 is 53.3 Å². The molecule has 13 heteroatoms. The fourth-order valence-electron chi connectivity index (χ4n) is 6.91. The molecule has 50 heavy (non-hydrogen) atoms. The summed E-state index contributed by atoms with van der Waals surface area (Å²) in [6.07, 6.45) is 15.1. The summed E-state index contributed by atoms with van der Waals surface area (Å²) >= 11 is 0. The maximum absolute atomic E-state index is 14.5. The zero-order chi connectivity index (χ0) is 37.2. The van der Waals surface area contributed by atoms with E-state index in [1.165, 1.54) is 44.4 Å². The summed E-state index contributed by atoms with van der Waals surface area (Å²) in [5.74, 6) is -5.74. The first-order valence-electron chi connectivity index (χ1n) is 18.8. The van der Waals surface area contributed by atoms with Gasteiger partial charge >= 0.3 is 23.9 Å². The number of amides is 3. The van der Waals surface area contributed by atoms with Crippen LogP contribution in [-0.4, -0.2) is 73.5 Å². The van der Waals surface area contributed by atoms with E-state index in [0.29, 0.717) is 24.3 Å². The Morgan fingerprint density at radius 1 is 0.740 bits per heavy atom. The molecule has 2 fully saturated rings. The van der Waals surface area contributed by atoms with Crippen LogP contribution in [0.5, 0.6) is 0 Å².